The van der Waals surface area contributed by atoms with Crippen molar-refractivity contribution in [3.05, 3.63) is 48.6 Å². The van der Waals surface area contributed by atoms with E-state index in [9.17, 15) is 19.0 Å². The molecule has 0 aliphatic rings. The molecule has 0 fully saturated rings. The second kappa shape index (κ2) is 34.7. The first-order valence-corrected chi connectivity index (χ1v) is 21.9. The quantitative estimate of drug-likeness (QED) is 0.0155. The molecular formula is C42H76NO8P. The van der Waals surface area contributed by atoms with Crippen LogP contribution in [0.15, 0.2) is 48.6 Å². The van der Waals surface area contributed by atoms with Crippen LogP contribution in [-0.2, 0) is 32.7 Å². The molecule has 0 aromatic rings. The Hall–Kier alpha value is -2.03. The average molecular weight is 754 g/mol. The van der Waals surface area contributed by atoms with E-state index in [1.54, 1.807) is 18.2 Å². The molecule has 0 aromatic heterocycles. The Bertz CT molecular complexity index is 1030. The van der Waals surface area contributed by atoms with Crippen molar-refractivity contribution < 1.29 is 42.1 Å². The van der Waals surface area contributed by atoms with Gasteiger partial charge in [0.1, 0.15) is 19.8 Å². The summed E-state index contributed by atoms with van der Waals surface area (Å²) in [4.78, 5) is 37.1. The molecule has 0 heterocycles. The van der Waals surface area contributed by atoms with Crippen molar-refractivity contribution in [3.8, 4) is 0 Å². The highest BCUT2D eigenvalue weighted by atomic mass is 31.2. The number of carbonyl (C=O) groups is 2. The minimum Gasteiger partial charge on any atom is -0.756 e. The largest absolute Gasteiger partial charge is 0.756 e. The molecule has 52 heavy (non-hydrogen) atoms. The minimum atomic E-state index is -4.66. The Balaban J connectivity index is 4.63. The van der Waals surface area contributed by atoms with E-state index in [0.717, 1.165) is 25.7 Å². The van der Waals surface area contributed by atoms with E-state index < -0.39 is 32.5 Å². The molecule has 1 unspecified atom stereocenters. The van der Waals surface area contributed by atoms with E-state index in [1.807, 2.05) is 39.4 Å². The number of unbranched alkanes of at least 4 members (excludes halogenated alkanes) is 20. The molecule has 10 heteroatoms. The highest BCUT2D eigenvalue weighted by Crippen LogP contribution is 2.38. The number of nitrogens with zero attached hydrogens (tertiary/aromatic N) is 1. The Labute approximate surface area is 318 Å². The fourth-order valence-corrected chi connectivity index (χ4v) is 6.03. The van der Waals surface area contributed by atoms with Gasteiger partial charge in [-0.1, -0.05) is 166 Å². The smallest absolute Gasteiger partial charge is 0.331 e. The van der Waals surface area contributed by atoms with Crippen molar-refractivity contribution in [1.29, 1.82) is 0 Å². The summed E-state index contributed by atoms with van der Waals surface area (Å²) < 4.78 is 33.4. The zero-order valence-electron chi connectivity index (χ0n) is 33.7. The summed E-state index contributed by atoms with van der Waals surface area (Å²) in [5.41, 5.74) is 0. The first-order chi connectivity index (χ1) is 25.0. The molecular weight excluding hydrogens is 677 g/mol. The number of hydrogen-bond donors (Lipinski definition) is 0. The number of ether oxygens (including phenoxy) is 2. The molecule has 0 N–H and O–H groups in total. The predicted molar refractivity (Wildman–Crippen MR) is 213 cm³/mol. The fraction of sp³-hybridized carbons (Fsp3) is 0.762. The third kappa shape index (κ3) is 37.7. The van der Waals surface area contributed by atoms with Gasteiger partial charge in [-0.15, -0.1) is 0 Å². The van der Waals surface area contributed by atoms with E-state index in [-0.39, 0.29) is 13.2 Å². The van der Waals surface area contributed by atoms with Crippen molar-refractivity contribution in [2.24, 2.45) is 0 Å². The van der Waals surface area contributed by atoms with Gasteiger partial charge in [0.15, 0.2) is 6.10 Å². The lowest BCUT2D eigenvalue weighted by Gasteiger charge is -2.28. The zero-order valence-corrected chi connectivity index (χ0v) is 34.6. The Morgan fingerprint density at radius 2 is 1.02 bits per heavy atom. The first-order valence-electron chi connectivity index (χ1n) is 20.4. The van der Waals surface area contributed by atoms with Gasteiger partial charge in [0.25, 0.3) is 7.82 Å². The SMILES string of the molecule is CCCCCCCCCCC/C=C/C=C/C(=O)OC[C@H](COP(=O)([O-])OCC[N+](C)(C)C)OC(=O)/C=C/C=C/CCCCCCCCCCCCC. The van der Waals surface area contributed by atoms with Crippen LogP contribution < -0.4 is 4.89 Å². The normalized spacial score (nSPS) is 14.2. The van der Waals surface area contributed by atoms with Crippen molar-refractivity contribution in [3.63, 3.8) is 0 Å². The monoisotopic (exact) mass is 754 g/mol. The number of esters is 2. The molecule has 0 spiro atoms. The van der Waals surface area contributed by atoms with Crippen molar-refractivity contribution in [2.45, 2.75) is 161 Å². The Morgan fingerprint density at radius 1 is 0.596 bits per heavy atom. The number of phosphoric acid groups is 1. The Morgan fingerprint density at radius 3 is 1.46 bits per heavy atom. The van der Waals surface area contributed by atoms with Crippen LogP contribution in [-0.4, -0.2) is 70.0 Å². The van der Waals surface area contributed by atoms with E-state index >= 15 is 0 Å². The number of allylic oxidation sites excluding steroid dienone is 6. The highest BCUT2D eigenvalue weighted by molar-refractivity contribution is 7.45. The molecule has 302 valence electrons. The summed E-state index contributed by atoms with van der Waals surface area (Å²) in [6.45, 7) is 3.95. The van der Waals surface area contributed by atoms with Crippen LogP contribution in [0.2, 0.25) is 0 Å². The third-order valence-electron chi connectivity index (χ3n) is 8.53. The van der Waals surface area contributed by atoms with E-state index in [2.05, 4.69) is 13.8 Å². The van der Waals surface area contributed by atoms with Crippen molar-refractivity contribution in [2.75, 3.05) is 47.5 Å². The molecule has 0 radical (unpaired) electrons. The minimum absolute atomic E-state index is 0.0601. The number of phosphoric ester groups is 1. The standard InChI is InChI=1S/C42H76NO8P/c1-6-8-10-12-14-16-18-20-21-23-25-27-29-31-33-35-42(45)51-40(39-50-52(46,47)49-37-36-43(3,4)5)38-48-41(44)34-32-30-28-26-24-22-19-17-15-13-11-9-7-2/h28-35,40H,6-27,36-39H2,1-5H3/b30-28+,31-29+,34-32+,35-33+/t40-/m1/s1. The van der Waals surface area contributed by atoms with Crippen LogP contribution in [0.25, 0.3) is 0 Å². The highest BCUT2D eigenvalue weighted by Gasteiger charge is 2.20. The molecule has 2 atom stereocenters. The van der Waals surface area contributed by atoms with Gasteiger partial charge in [-0.2, -0.15) is 0 Å². The summed E-state index contributed by atoms with van der Waals surface area (Å²) in [7, 11) is 1.07. The topological polar surface area (TPSA) is 111 Å². The summed E-state index contributed by atoms with van der Waals surface area (Å²) in [6.07, 6.45) is 39.8. The van der Waals surface area contributed by atoms with Crippen molar-refractivity contribution in [1.82, 2.24) is 0 Å². The van der Waals surface area contributed by atoms with Crippen LogP contribution in [0, 0.1) is 0 Å². The van der Waals surface area contributed by atoms with Gasteiger partial charge in [-0.3, -0.25) is 4.57 Å². The van der Waals surface area contributed by atoms with Crippen LogP contribution in [0.1, 0.15) is 155 Å². The van der Waals surface area contributed by atoms with Crippen LogP contribution in [0.5, 0.6) is 0 Å². The van der Waals surface area contributed by atoms with Crippen LogP contribution in [0.4, 0.5) is 0 Å². The summed E-state index contributed by atoms with van der Waals surface area (Å²) in [5, 5.41) is 0. The second-order valence-electron chi connectivity index (χ2n) is 14.8. The van der Waals surface area contributed by atoms with E-state index in [4.69, 9.17) is 18.5 Å². The third-order valence-corrected chi connectivity index (χ3v) is 9.50. The average Bonchev–Trinajstić information content (AvgIpc) is 3.09. The number of quaternary nitrogens is 1. The van der Waals surface area contributed by atoms with Gasteiger partial charge in [0.2, 0.25) is 0 Å². The number of likely N-dealkylation sites (N-methyl/N-ethyl adjacent to an activating group) is 1. The lowest BCUT2D eigenvalue weighted by Crippen LogP contribution is -2.37. The molecule has 0 rings (SSSR count). The molecule has 0 aliphatic heterocycles. The molecule has 0 aliphatic carbocycles. The fourth-order valence-electron chi connectivity index (χ4n) is 5.30. The maximum atomic E-state index is 12.5. The molecule has 0 amide bonds. The van der Waals surface area contributed by atoms with Gasteiger partial charge in [0, 0.05) is 12.2 Å². The lowest BCUT2D eigenvalue weighted by molar-refractivity contribution is -0.870. The summed E-state index contributed by atoms with van der Waals surface area (Å²) >= 11 is 0. The predicted octanol–water partition coefficient (Wildman–Crippen LogP) is 10.5. The van der Waals surface area contributed by atoms with Gasteiger partial charge >= 0.3 is 11.9 Å². The van der Waals surface area contributed by atoms with Crippen LogP contribution in [0.3, 0.4) is 0 Å². The maximum absolute atomic E-state index is 12.5. The van der Waals surface area contributed by atoms with Gasteiger partial charge < -0.3 is 27.9 Å². The molecule has 0 bridgehead atoms. The van der Waals surface area contributed by atoms with E-state index in [0.29, 0.717) is 11.0 Å². The van der Waals surface area contributed by atoms with Gasteiger partial charge in [0.05, 0.1) is 27.7 Å². The maximum Gasteiger partial charge on any atom is 0.331 e. The number of carbonyl (C=O) groups excluding carboxylic acids is 2. The molecule has 0 aromatic carbocycles. The molecule has 9 nitrogen and oxygen atoms in total. The van der Waals surface area contributed by atoms with Crippen LogP contribution >= 0.6 is 7.82 Å². The Kier molecular flexibility index (Phi) is 33.4. The number of hydrogen-bond acceptors (Lipinski definition) is 8. The zero-order chi connectivity index (χ0) is 38.6. The molecule has 0 saturated heterocycles. The van der Waals surface area contributed by atoms with Crippen molar-refractivity contribution >= 4 is 19.8 Å². The molecule has 0 saturated carbocycles. The lowest BCUT2D eigenvalue weighted by atomic mass is 10.1. The second-order valence-corrected chi connectivity index (χ2v) is 16.2. The van der Waals surface area contributed by atoms with Gasteiger partial charge in [-0.05, 0) is 25.7 Å². The van der Waals surface area contributed by atoms with Gasteiger partial charge in [-0.25, -0.2) is 9.59 Å². The summed E-state index contributed by atoms with van der Waals surface area (Å²) in [6, 6.07) is 0. The number of rotatable bonds is 36. The summed E-state index contributed by atoms with van der Waals surface area (Å²) in [5.74, 6) is -1.34. The first kappa shape index (κ1) is 50.0. The van der Waals surface area contributed by atoms with E-state index in [1.165, 1.54) is 128 Å².